The fraction of sp³-hybridized carbons (Fsp3) is 0. The molecule has 0 fully saturated rings. The van der Waals surface area contributed by atoms with Crippen molar-refractivity contribution < 1.29 is 0 Å². The molecule has 278 valence electrons. The molecule has 0 atom stereocenters. The van der Waals surface area contributed by atoms with Gasteiger partial charge in [-0.2, -0.15) is 0 Å². The molecule has 0 aliphatic heterocycles. The summed E-state index contributed by atoms with van der Waals surface area (Å²) in [5.74, 6) is 0. The Labute approximate surface area is 347 Å². The third kappa shape index (κ3) is 4.88. The summed E-state index contributed by atoms with van der Waals surface area (Å²) in [7, 11) is 0. The van der Waals surface area contributed by atoms with E-state index in [1.807, 2.05) is 0 Å². The van der Waals surface area contributed by atoms with Gasteiger partial charge in [0.25, 0.3) is 0 Å². The Balaban J connectivity index is 0.902. The number of hydrogen-bond donors (Lipinski definition) is 0. The number of rotatable bonds is 5. The van der Waals surface area contributed by atoms with Gasteiger partial charge in [0, 0.05) is 32.9 Å². The molecule has 12 aromatic rings. The van der Waals surface area contributed by atoms with Gasteiger partial charge in [0.1, 0.15) is 0 Å². The molecule has 2 heterocycles. The highest BCUT2D eigenvalue weighted by molar-refractivity contribution is 6.17. The smallest absolute Gasteiger partial charge is 0.0541 e. The van der Waals surface area contributed by atoms with Gasteiger partial charge in [-0.05, 0) is 139 Å². The predicted molar refractivity (Wildman–Crippen MR) is 253 cm³/mol. The van der Waals surface area contributed by atoms with Crippen molar-refractivity contribution in [3.8, 4) is 67.0 Å². The first kappa shape index (κ1) is 33.1. The van der Waals surface area contributed by atoms with Crippen molar-refractivity contribution in [1.29, 1.82) is 0 Å². The quantitative estimate of drug-likeness (QED) is 0.165. The van der Waals surface area contributed by atoms with Crippen molar-refractivity contribution in [1.82, 2.24) is 9.13 Å². The van der Waals surface area contributed by atoms with Crippen molar-refractivity contribution in [2.24, 2.45) is 0 Å². The zero-order valence-electron chi connectivity index (χ0n) is 32.7. The Bertz CT molecular complexity index is 3700. The van der Waals surface area contributed by atoms with Crippen molar-refractivity contribution in [2.45, 2.75) is 0 Å². The van der Waals surface area contributed by atoms with Crippen LogP contribution in [-0.2, 0) is 0 Å². The first-order valence-electron chi connectivity index (χ1n) is 20.8. The topological polar surface area (TPSA) is 9.86 Å². The van der Waals surface area contributed by atoms with Gasteiger partial charge in [0.15, 0.2) is 0 Å². The summed E-state index contributed by atoms with van der Waals surface area (Å²) < 4.78 is 4.83. The van der Waals surface area contributed by atoms with Crippen LogP contribution in [0, 0.1) is 0 Å². The standard InChI is InChI=1S/C58H36N2/c1-2-12-37(13-3-1)39-14-10-16-45(33-39)60-55-23-9-7-20-49(55)52-35-41(27-31-57(52)60)40-26-30-56-51(34-40)48-19-6-8-22-54(48)59(56)44-28-24-38(25-29-44)43-32-42-15-11-21-50-46-17-4-5-18-47(46)53(36-43)58(42)50/h1-36H. The van der Waals surface area contributed by atoms with Crippen LogP contribution < -0.4 is 0 Å². The second-order valence-electron chi connectivity index (χ2n) is 16.1. The highest BCUT2D eigenvalue weighted by atomic mass is 15.0. The lowest BCUT2D eigenvalue weighted by atomic mass is 9.96. The van der Waals surface area contributed by atoms with Crippen LogP contribution in [0.3, 0.4) is 0 Å². The molecule has 2 aromatic heterocycles. The summed E-state index contributed by atoms with van der Waals surface area (Å²) in [4.78, 5) is 0. The van der Waals surface area contributed by atoms with Crippen LogP contribution in [0.2, 0.25) is 0 Å². The Morgan fingerprint density at radius 2 is 0.733 bits per heavy atom. The zero-order valence-corrected chi connectivity index (χ0v) is 32.7. The van der Waals surface area contributed by atoms with E-state index in [2.05, 4.69) is 228 Å². The maximum absolute atomic E-state index is 2.42. The largest absolute Gasteiger partial charge is 0.309 e. The van der Waals surface area contributed by atoms with Crippen molar-refractivity contribution in [2.75, 3.05) is 0 Å². The first-order valence-corrected chi connectivity index (χ1v) is 20.8. The summed E-state index contributed by atoms with van der Waals surface area (Å²) in [6.45, 7) is 0. The summed E-state index contributed by atoms with van der Waals surface area (Å²) in [6, 6.07) is 80.4. The second-order valence-corrected chi connectivity index (χ2v) is 16.1. The molecule has 0 bridgehead atoms. The number of aromatic nitrogens is 2. The van der Waals surface area contributed by atoms with E-state index < -0.39 is 0 Å². The van der Waals surface area contributed by atoms with E-state index in [-0.39, 0.29) is 0 Å². The molecule has 1 aliphatic rings. The van der Waals surface area contributed by atoms with E-state index in [0.29, 0.717) is 0 Å². The predicted octanol–water partition coefficient (Wildman–Crippen LogP) is 15.7. The first-order chi connectivity index (χ1) is 29.7. The normalized spacial score (nSPS) is 12.0. The maximum Gasteiger partial charge on any atom is 0.0541 e. The second kappa shape index (κ2) is 12.8. The number of nitrogens with zero attached hydrogens (tertiary/aromatic N) is 2. The molecule has 60 heavy (non-hydrogen) atoms. The minimum atomic E-state index is 1.15. The van der Waals surface area contributed by atoms with Crippen LogP contribution in [-0.4, -0.2) is 9.13 Å². The van der Waals surface area contributed by atoms with E-state index in [1.54, 1.807) is 0 Å². The Morgan fingerprint density at radius 1 is 0.233 bits per heavy atom. The molecule has 0 saturated carbocycles. The molecular formula is C58H36N2. The Kier molecular flexibility index (Phi) is 7.05. The fourth-order valence-electron chi connectivity index (χ4n) is 10.1. The average molecular weight is 761 g/mol. The van der Waals surface area contributed by atoms with Crippen molar-refractivity contribution in [3.63, 3.8) is 0 Å². The van der Waals surface area contributed by atoms with Gasteiger partial charge in [0.05, 0.1) is 22.1 Å². The van der Waals surface area contributed by atoms with E-state index in [1.165, 1.54) is 110 Å². The molecule has 0 amide bonds. The van der Waals surface area contributed by atoms with Crippen LogP contribution in [0.5, 0.6) is 0 Å². The molecule has 0 N–H and O–H groups in total. The lowest BCUT2D eigenvalue weighted by molar-refractivity contribution is 1.18. The highest BCUT2D eigenvalue weighted by Crippen LogP contribution is 2.49. The minimum absolute atomic E-state index is 1.15. The number of fused-ring (bicyclic) bond motifs is 9. The van der Waals surface area contributed by atoms with E-state index in [9.17, 15) is 0 Å². The highest BCUT2D eigenvalue weighted by Gasteiger charge is 2.22. The Morgan fingerprint density at radius 3 is 1.43 bits per heavy atom. The molecular weight excluding hydrogens is 725 g/mol. The lowest BCUT2D eigenvalue weighted by Crippen LogP contribution is -1.94. The zero-order chi connectivity index (χ0) is 39.3. The molecule has 0 unspecified atom stereocenters. The van der Waals surface area contributed by atoms with Crippen molar-refractivity contribution >= 4 is 54.4 Å². The van der Waals surface area contributed by atoms with Crippen LogP contribution >= 0.6 is 0 Å². The Hall–Kier alpha value is -7.94. The maximum atomic E-state index is 2.42. The molecule has 13 rings (SSSR count). The SMILES string of the molecule is c1ccc(-c2cccc(-n3c4ccccc4c4cc(-c5ccc6c(c5)c5ccccc5n6-c5ccc(-c6cc7c8c(cccc8c6)-c6ccccc6-7)cc5)ccc43)c2)cc1. The van der Waals surface area contributed by atoms with E-state index >= 15 is 0 Å². The minimum Gasteiger partial charge on any atom is -0.309 e. The van der Waals surface area contributed by atoms with Crippen LogP contribution in [0.15, 0.2) is 218 Å². The number of para-hydroxylation sites is 2. The van der Waals surface area contributed by atoms with E-state index in [4.69, 9.17) is 0 Å². The van der Waals surface area contributed by atoms with Crippen LogP contribution in [0.25, 0.3) is 121 Å². The molecule has 0 radical (unpaired) electrons. The van der Waals surface area contributed by atoms with Crippen molar-refractivity contribution in [3.05, 3.63) is 218 Å². The number of benzene rings is 10. The summed E-state index contributed by atoms with van der Waals surface area (Å²) >= 11 is 0. The van der Waals surface area contributed by atoms with Crippen LogP contribution in [0.4, 0.5) is 0 Å². The van der Waals surface area contributed by atoms with Gasteiger partial charge >= 0.3 is 0 Å². The van der Waals surface area contributed by atoms with Gasteiger partial charge in [-0.15, -0.1) is 0 Å². The summed E-state index contributed by atoms with van der Waals surface area (Å²) in [5, 5.41) is 7.65. The molecule has 10 aromatic carbocycles. The third-order valence-electron chi connectivity index (χ3n) is 12.8. The molecule has 1 aliphatic carbocycles. The molecule has 2 heteroatoms. The average Bonchev–Trinajstić information content (AvgIpc) is 3.95. The molecule has 0 spiro atoms. The van der Waals surface area contributed by atoms with Gasteiger partial charge in [-0.25, -0.2) is 0 Å². The van der Waals surface area contributed by atoms with Crippen LogP contribution in [0.1, 0.15) is 0 Å². The number of hydrogen-bond acceptors (Lipinski definition) is 0. The lowest BCUT2D eigenvalue weighted by Gasteiger charge is -2.12. The molecule has 0 saturated heterocycles. The molecule has 2 nitrogen and oxygen atoms in total. The fourth-order valence-corrected chi connectivity index (χ4v) is 10.1. The van der Waals surface area contributed by atoms with E-state index in [0.717, 1.165) is 11.4 Å². The monoisotopic (exact) mass is 760 g/mol. The summed E-state index contributed by atoms with van der Waals surface area (Å²) in [5.41, 5.74) is 19.8. The van der Waals surface area contributed by atoms with Gasteiger partial charge in [-0.1, -0.05) is 146 Å². The van der Waals surface area contributed by atoms with Gasteiger partial charge in [0.2, 0.25) is 0 Å². The van der Waals surface area contributed by atoms with Gasteiger partial charge in [-0.3, -0.25) is 0 Å². The summed E-state index contributed by atoms with van der Waals surface area (Å²) in [6.07, 6.45) is 0. The van der Waals surface area contributed by atoms with Gasteiger partial charge < -0.3 is 9.13 Å². The third-order valence-corrected chi connectivity index (χ3v) is 12.8.